The van der Waals surface area contributed by atoms with Gasteiger partial charge in [0.15, 0.2) is 0 Å². The number of nitrogens with two attached hydrogens (primary N) is 1. The van der Waals surface area contributed by atoms with E-state index in [4.69, 9.17) is 5.73 Å². The van der Waals surface area contributed by atoms with Crippen molar-refractivity contribution in [3.05, 3.63) is 16.1 Å². The van der Waals surface area contributed by atoms with Crippen LogP contribution in [-0.2, 0) is 6.42 Å². The normalized spacial score (nSPS) is 18.6. The Morgan fingerprint density at radius 3 is 2.74 bits per heavy atom. The average Bonchev–Trinajstić information content (AvgIpc) is 2.85. The van der Waals surface area contributed by atoms with Gasteiger partial charge < -0.3 is 11.1 Å². The van der Waals surface area contributed by atoms with Gasteiger partial charge in [-0.15, -0.1) is 11.3 Å². The van der Waals surface area contributed by atoms with Crippen LogP contribution in [0, 0.1) is 12.3 Å². The highest BCUT2D eigenvalue weighted by molar-refractivity contribution is 7.09. The molecule has 0 spiro atoms. The van der Waals surface area contributed by atoms with Crippen molar-refractivity contribution < 1.29 is 0 Å². The molecule has 0 radical (unpaired) electrons. The highest BCUT2D eigenvalue weighted by Crippen LogP contribution is 2.37. The van der Waals surface area contributed by atoms with Crippen molar-refractivity contribution in [2.45, 2.75) is 51.9 Å². The van der Waals surface area contributed by atoms with Crippen LogP contribution in [0.5, 0.6) is 0 Å². The first-order valence-corrected chi connectivity index (χ1v) is 8.44. The molecule has 1 heterocycles. The first kappa shape index (κ1) is 14.9. The number of aromatic nitrogens is 1. The predicted molar refractivity (Wildman–Crippen MR) is 82.6 cm³/mol. The van der Waals surface area contributed by atoms with Gasteiger partial charge in [-0.25, -0.2) is 4.98 Å². The minimum atomic E-state index is 0.434. The van der Waals surface area contributed by atoms with Crippen molar-refractivity contribution in [1.29, 1.82) is 0 Å². The molecular formula is C15H27N3S. The maximum Gasteiger partial charge on any atom is 0.0940 e. The predicted octanol–water partition coefficient (Wildman–Crippen LogP) is 2.88. The molecule has 1 fully saturated rings. The number of thiazole rings is 1. The molecule has 0 unspecified atom stereocenters. The fourth-order valence-electron chi connectivity index (χ4n) is 3.05. The van der Waals surface area contributed by atoms with Crippen molar-refractivity contribution in [2.75, 3.05) is 19.6 Å². The summed E-state index contributed by atoms with van der Waals surface area (Å²) >= 11 is 1.77. The molecule has 1 aromatic rings. The summed E-state index contributed by atoms with van der Waals surface area (Å²) in [5.74, 6) is 0. The molecule has 0 amide bonds. The second-order valence-electron chi connectivity index (χ2n) is 5.90. The number of hydrogen-bond donors (Lipinski definition) is 2. The summed E-state index contributed by atoms with van der Waals surface area (Å²) in [7, 11) is 0. The summed E-state index contributed by atoms with van der Waals surface area (Å²) in [5.41, 5.74) is 7.59. The Bertz CT molecular complexity index is 369. The highest BCUT2D eigenvalue weighted by atomic mass is 32.1. The molecule has 1 aromatic heterocycles. The van der Waals surface area contributed by atoms with E-state index < -0.39 is 0 Å². The molecule has 3 N–H and O–H groups in total. The zero-order chi connectivity index (χ0) is 13.6. The summed E-state index contributed by atoms with van der Waals surface area (Å²) in [6.45, 7) is 5.05. The summed E-state index contributed by atoms with van der Waals surface area (Å²) in [5, 5.41) is 6.93. The Balaban J connectivity index is 1.63. The minimum Gasteiger partial charge on any atom is -0.330 e. The number of nitrogens with zero attached hydrogens (tertiary/aromatic N) is 1. The van der Waals surface area contributed by atoms with Gasteiger partial charge in [-0.2, -0.15) is 0 Å². The van der Waals surface area contributed by atoms with Crippen LogP contribution < -0.4 is 11.1 Å². The number of aryl methyl sites for hydroxylation is 1. The Morgan fingerprint density at radius 1 is 1.32 bits per heavy atom. The fraction of sp³-hybridized carbons (Fsp3) is 0.800. The molecule has 0 saturated heterocycles. The molecule has 3 nitrogen and oxygen atoms in total. The molecule has 19 heavy (non-hydrogen) atoms. The van der Waals surface area contributed by atoms with Crippen LogP contribution in [0.3, 0.4) is 0 Å². The van der Waals surface area contributed by atoms with Crippen molar-refractivity contribution in [2.24, 2.45) is 11.1 Å². The number of hydrogen-bond acceptors (Lipinski definition) is 4. The molecule has 108 valence electrons. The third kappa shape index (κ3) is 4.55. The van der Waals surface area contributed by atoms with Crippen LogP contribution >= 0.6 is 11.3 Å². The van der Waals surface area contributed by atoms with Crippen molar-refractivity contribution in [3.8, 4) is 0 Å². The summed E-state index contributed by atoms with van der Waals surface area (Å²) < 4.78 is 0. The van der Waals surface area contributed by atoms with Gasteiger partial charge in [0.05, 0.1) is 5.01 Å². The molecule has 4 heteroatoms. The van der Waals surface area contributed by atoms with Gasteiger partial charge in [0, 0.05) is 24.0 Å². The van der Waals surface area contributed by atoms with E-state index in [2.05, 4.69) is 22.6 Å². The molecule has 1 aliphatic rings. The van der Waals surface area contributed by atoms with E-state index in [1.54, 1.807) is 11.3 Å². The monoisotopic (exact) mass is 281 g/mol. The van der Waals surface area contributed by atoms with Gasteiger partial charge in [-0.1, -0.05) is 19.3 Å². The topological polar surface area (TPSA) is 50.9 Å². The van der Waals surface area contributed by atoms with E-state index in [0.717, 1.165) is 31.7 Å². The number of nitrogens with one attached hydrogen (secondary N) is 1. The Labute approximate surface area is 121 Å². The third-order valence-corrected chi connectivity index (χ3v) is 5.39. The maximum absolute atomic E-state index is 6.01. The van der Waals surface area contributed by atoms with Crippen LogP contribution in [-0.4, -0.2) is 24.6 Å². The molecule has 0 bridgehead atoms. The second kappa shape index (κ2) is 7.36. The maximum atomic E-state index is 6.01. The van der Waals surface area contributed by atoms with Crippen LogP contribution in [0.15, 0.2) is 5.38 Å². The summed E-state index contributed by atoms with van der Waals surface area (Å²) in [4.78, 5) is 4.49. The van der Waals surface area contributed by atoms with E-state index in [-0.39, 0.29) is 0 Å². The van der Waals surface area contributed by atoms with Crippen LogP contribution in [0.25, 0.3) is 0 Å². The molecule has 0 aliphatic heterocycles. The van der Waals surface area contributed by atoms with E-state index in [0.29, 0.717) is 5.41 Å². The van der Waals surface area contributed by atoms with Crippen molar-refractivity contribution in [3.63, 3.8) is 0 Å². The zero-order valence-corrected chi connectivity index (χ0v) is 12.9. The SMILES string of the molecule is Cc1csc(CCNCCC2(CN)CCCCC2)n1. The summed E-state index contributed by atoms with van der Waals surface area (Å²) in [6.07, 6.45) is 9.09. The molecule has 2 rings (SSSR count). The van der Waals surface area contributed by atoms with Crippen LogP contribution in [0.4, 0.5) is 0 Å². The standard InChI is InChI=1S/C15H27N3S/c1-13-11-19-14(18-13)5-9-17-10-8-15(12-16)6-3-2-4-7-15/h11,17H,2-10,12,16H2,1H3. The van der Waals surface area contributed by atoms with E-state index in [1.807, 2.05) is 0 Å². The Hall–Kier alpha value is -0.450. The van der Waals surface area contributed by atoms with Gasteiger partial charge >= 0.3 is 0 Å². The Kier molecular flexibility index (Phi) is 5.79. The lowest BCUT2D eigenvalue weighted by Crippen LogP contribution is -2.36. The molecule has 0 aromatic carbocycles. The molecule has 1 aliphatic carbocycles. The van der Waals surface area contributed by atoms with Gasteiger partial charge in [0.25, 0.3) is 0 Å². The second-order valence-corrected chi connectivity index (χ2v) is 6.84. The van der Waals surface area contributed by atoms with Gasteiger partial charge in [0.1, 0.15) is 0 Å². The van der Waals surface area contributed by atoms with Crippen molar-refractivity contribution in [1.82, 2.24) is 10.3 Å². The summed E-state index contributed by atoms with van der Waals surface area (Å²) in [6, 6.07) is 0. The molecular weight excluding hydrogens is 254 g/mol. The Morgan fingerprint density at radius 2 is 2.11 bits per heavy atom. The van der Waals surface area contributed by atoms with E-state index in [9.17, 15) is 0 Å². The minimum absolute atomic E-state index is 0.434. The smallest absolute Gasteiger partial charge is 0.0940 e. The van der Waals surface area contributed by atoms with Gasteiger partial charge in [-0.05, 0) is 44.7 Å². The lowest BCUT2D eigenvalue weighted by molar-refractivity contribution is 0.181. The third-order valence-electron chi connectivity index (χ3n) is 4.36. The van der Waals surface area contributed by atoms with Gasteiger partial charge in [0.2, 0.25) is 0 Å². The van der Waals surface area contributed by atoms with Gasteiger partial charge in [-0.3, -0.25) is 0 Å². The number of rotatable bonds is 7. The fourth-order valence-corrected chi connectivity index (χ4v) is 3.83. The largest absolute Gasteiger partial charge is 0.330 e. The van der Waals surface area contributed by atoms with Crippen LogP contribution in [0.1, 0.15) is 49.2 Å². The molecule has 0 atom stereocenters. The lowest BCUT2D eigenvalue weighted by Gasteiger charge is -2.36. The first-order chi connectivity index (χ1) is 9.24. The zero-order valence-electron chi connectivity index (χ0n) is 12.1. The first-order valence-electron chi connectivity index (χ1n) is 7.56. The quantitative estimate of drug-likeness (QED) is 0.756. The van der Waals surface area contributed by atoms with Crippen LogP contribution in [0.2, 0.25) is 0 Å². The van der Waals surface area contributed by atoms with E-state index in [1.165, 1.54) is 43.5 Å². The lowest BCUT2D eigenvalue weighted by atomic mass is 9.72. The average molecular weight is 281 g/mol. The van der Waals surface area contributed by atoms with Crippen molar-refractivity contribution >= 4 is 11.3 Å². The molecule has 1 saturated carbocycles. The van der Waals surface area contributed by atoms with E-state index >= 15 is 0 Å². The highest BCUT2D eigenvalue weighted by Gasteiger charge is 2.29.